The minimum Gasteiger partial charge on any atom is -0.367 e. The topological polar surface area (TPSA) is 151 Å². The van der Waals surface area contributed by atoms with Crippen LogP contribution in [0, 0.1) is 0 Å². The van der Waals surface area contributed by atoms with Crippen LogP contribution in [-0.4, -0.2) is 59.8 Å². The largest absolute Gasteiger partial charge is 0.369 e. The molecule has 1 aromatic heterocycles. The first-order valence-corrected chi connectivity index (χ1v) is 10.1. The fourth-order valence-corrected chi connectivity index (χ4v) is 4.16. The van der Waals surface area contributed by atoms with Gasteiger partial charge in [-0.05, 0) is 44.1 Å². The minimum absolute atomic E-state index is 0.0664. The van der Waals surface area contributed by atoms with Crippen molar-refractivity contribution < 1.29 is 33.8 Å². The van der Waals surface area contributed by atoms with Crippen LogP contribution >= 0.6 is 15.2 Å². The van der Waals surface area contributed by atoms with E-state index in [9.17, 15) is 14.2 Å². The average Bonchev–Trinajstić information content (AvgIpc) is 2.43. The van der Waals surface area contributed by atoms with Gasteiger partial charge in [-0.1, -0.05) is 0 Å². The lowest BCUT2D eigenvalue weighted by Gasteiger charge is -2.30. The van der Waals surface area contributed by atoms with Gasteiger partial charge in [0.25, 0.3) is 5.08 Å². The van der Waals surface area contributed by atoms with Gasteiger partial charge in [-0.2, -0.15) is 0 Å². The van der Waals surface area contributed by atoms with E-state index in [0.717, 1.165) is 18.4 Å². The maximum Gasteiger partial charge on any atom is 0.369 e. The number of aromatic nitrogens is 1. The van der Waals surface area contributed by atoms with Gasteiger partial charge in [0, 0.05) is 25.4 Å². The van der Waals surface area contributed by atoms with Crippen molar-refractivity contribution in [1.29, 1.82) is 0 Å². The first kappa shape index (κ1) is 20.4. The van der Waals surface area contributed by atoms with Crippen molar-refractivity contribution in [2.75, 3.05) is 20.1 Å². The smallest absolute Gasteiger partial charge is 0.367 e. The number of aliphatic hydroxyl groups is 1. The second-order valence-corrected chi connectivity index (χ2v) is 9.38. The molecule has 1 rings (SSSR count). The van der Waals surface area contributed by atoms with Crippen LogP contribution in [0.3, 0.4) is 0 Å². The lowest BCUT2D eigenvalue weighted by Crippen LogP contribution is -2.34. The summed E-state index contributed by atoms with van der Waals surface area (Å²) in [6, 6.07) is 3.75. The van der Waals surface area contributed by atoms with Gasteiger partial charge >= 0.3 is 15.2 Å². The molecule has 0 aliphatic carbocycles. The number of aryl methyl sites for hydroxylation is 1. The van der Waals surface area contributed by atoms with E-state index in [1.807, 2.05) is 12.1 Å². The molecule has 0 saturated carbocycles. The van der Waals surface area contributed by atoms with Crippen molar-refractivity contribution in [3.8, 4) is 0 Å². The standard InChI is InChI=1S/C12H22N2O7P2/c1-14(9-2-3-11-4-7-13-8-5-11)10-6-12(15,22(16,17)18)23(19,20)21/h4-5,7-8,15H,2-3,6,9-10H2,1H3,(H2,16,17,18)(H2,19,20,21). The first-order chi connectivity index (χ1) is 10.5. The number of hydrogen-bond acceptors (Lipinski definition) is 5. The summed E-state index contributed by atoms with van der Waals surface area (Å²) in [6.07, 6.45) is 4.14. The summed E-state index contributed by atoms with van der Waals surface area (Å²) >= 11 is 0. The molecule has 11 heteroatoms. The zero-order valence-corrected chi connectivity index (χ0v) is 14.5. The molecule has 23 heavy (non-hydrogen) atoms. The summed E-state index contributed by atoms with van der Waals surface area (Å²) in [6.45, 7) is 0.476. The van der Waals surface area contributed by atoms with Crippen molar-refractivity contribution in [3.63, 3.8) is 0 Å². The zero-order chi connectivity index (χ0) is 17.7. The summed E-state index contributed by atoms with van der Waals surface area (Å²) in [5.74, 6) is 0. The lowest BCUT2D eigenvalue weighted by atomic mass is 10.1. The highest BCUT2D eigenvalue weighted by Gasteiger charge is 2.58. The Bertz CT molecular complexity index is 564. The third-order valence-corrected chi connectivity index (χ3v) is 7.39. The number of hydrogen-bond donors (Lipinski definition) is 5. The second kappa shape index (κ2) is 7.96. The Hall–Kier alpha value is -0.630. The van der Waals surface area contributed by atoms with Crippen molar-refractivity contribution in [3.05, 3.63) is 30.1 Å². The molecule has 0 aliphatic rings. The maximum atomic E-state index is 11.2. The van der Waals surface area contributed by atoms with Crippen LogP contribution in [0.15, 0.2) is 24.5 Å². The van der Waals surface area contributed by atoms with Gasteiger partial charge < -0.3 is 29.6 Å². The van der Waals surface area contributed by atoms with E-state index >= 15 is 0 Å². The average molecular weight is 368 g/mol. The van der Waals surface area contributed by atoms with Crippen LogP contribution in [-0.2, 0) is 15.6 Å². The van der Waals surface area contributed by atoms with Crippen LogP contribution in [0.25, 0.3) is 0 Å². The number of rotatable bonds is 9. The van der Waals surface area contributed by atoms with E-state index < -0.39 is 26.7 Å². The Labute approximate surface area is 134 Å². The van der Waals surface area contributed by atoms with Crippen LogP contribution in [0.4, 0.5) is 0 Å². The molecule has 0 aliphatic heterocycles. The summed E-state index contributed by atoms with van der Waals surface area (Å²) in [5, 5.41) is 6.43. The van der Waals surface area contributed by atoms with E-state index in [4.69, 9.17) is 19.6 Å². The van der Waals surface area contributed by atoms with Gasteiger partial charge in [0.15, 0.2) is 0 Å². The van der Waals surface area contributed by atoms with Crippen molar-refractivity contribution in [2.45, 2.75) is 24.3 Å². The first-order valence-electron chi connectivity index (χ1n) is 6.88. The SMILES string of the molecule is CN(CCCc1ccncc1)CCC(O)(P(=O)(O)O)P(=O)(O)O. The molecule has 132 valence electrons. The highest BCUT2D eigenvalue weighted by molar-refractivity contribution is 7.72. The minimum atomic E-state index is -5.38. The van der Waals surface area contributed by atoms with Crippen molar-refractivity contribution in [2.24, 2.45) is 0 Å². The zero-order valence-electron chi connectivity index (χ0n) is 12.7. The van der Waals surface area contributed by atoms with Crippen LogP contribution in [0.1, 0.15) is 18.4 Å². The van der Waals surface area contributed by atoms with Gasteiger partial charge in [0.1, 0.15) is 0 Å². The normalized spacial score (nSPS) is 13.5. The molecule has 9 nitrogen and oxygen atoms in total. The van der Waals surface area contributed by atoms with Gasteiger partial charge in [-0.3, -0.25) is 14.1 Å². The molecule has 0 atom stereocenters. The number of nitrogens with zero attached hydrogens (tertiary/aromatic N) is 2. The highest BCUT2D eigenvalue weighted by Crippen LogP contribution is 2.68. The molecule has 0 fully saturated rings. The van der Waals surface area contributed by atoms with Crippen molar-refractivity contribution >= 4 is 15.2 Å². The second-order valence-electron chi connectivity index (χ2n) is 5.37. The van der Waals surface area contributed by atoms with Crippen LogP contribution in [0.2, 0.25) is 0 Å². The Morgan fingerprint density at radius 2 is 1.61 bits per heavy atom. The summed E-state index contributed by atoms with van der Waals surface area (Å²) in [5.41, 5.74) is 1.09. The highest BCUT2D eigenvalue weighted by atomic mass is 31.2. The van der Waals surface area contributed by atoms with Crippen molar-refractivity contribution in [1.82, 2.24) is 9.88 Å². The van der Waals surface area contributed by atoms with Gasteiger partial charge in [0.05, 0.1) is 0 Å². The van der Waals surface area contributed by atoms with E-state index in [0.29, 0.717) is 6.54 Å². The van der Waals surface area contributed by atoms with E-state index in [2.05, 4.69) is 4.98 Å². The molecule has 0 saturated heterocycles. The monoisotopic (exact) mass is 368 g/mol. The third kappa shape index (κ3) is 5.74. The predicted molar refractivity (Wildman–Crippen MR) is 83.7 cm³/mol. The molecule has 0 radical (unpaired) electrons. The van der Waals surface area contributed by atoms with Crippen LogP contribution < -0.4 is 0 Å². The van der Waals surface area contributed by atoms with Gasteiger partial charge in [-0.15, -0.1) is 0 Å². The van der Waals surface area contributed by atoms with E-state index in [-0.39, 0.29) is 6.54 Å². The summed E-state index contributed by atoms with van der Waals surface area (Å²) in [7, 11) is -9.12. The van der Waals surface area contributed by atoms with E-state index in [1.54, 1.807) is 24.3 Å². The Balaban J connectivity index is 2.52. The lowest BCUT2D eigenvalue weighted by molar-refractivity contribution is 0.112. The Morgan fingerprint density at radius 1 is 1.09 bits per heavy atom. The third-order valence-electron chi connectivity index (χ3n) is 3.52. The molecule has 1 aromatic rings. The molecule has 0 spiro atoms. The Morgan fingerprint density at radius 3 is 2.09 bits per heavy atom. The molecule has 5 N–H and O–H groups in total. The molecule has 1 heterocycles. The fraction of sp³-hybridized carbons (Fsp3) is 0.583. The molecule has 0 unspecified atom stereocenters. The quantitative estimate of drug-likeness (QED) is 0.388. The molecule has 0 amide bonds. The molecular weight excluding hydrogens is 346 g/mol. The fourth-order valence-electron chi connectivity index (χ4n) is 2.02. The van der Waals surface area contributed by atoms with Gasteiger partial charge in [-0.25, -0.2) is 0 Å². The molecular formula is C12H22N2O7P2. The molecule has 0 aromatic carbocycles. The Kier molecular flexibility index (Phi) is 7.07. The summed E-state index contributed by atoms with van der Waals surface area (Å²) in [4.78, 5) is 41.8. The van der Waals surface area contributed by atoms with Gasteiger partial charge in [0.2, 0.25) is 0 Å². The predicted octanol–water partition coefficient (Wildman–Crippen LogP) is 0.338. The summed E-state index contributed by atoms with van der Waals surface area (Å²) < 4.78 is 22.5. The number of pyridine rings is 1. The maximum absolute atomic E-state index is 11.2. The molecule has 0 bridgehead atoms. The van der Waals surface area contributed by atoms with Crippen LogP contribution in [0.5, 0.6) is 0 Å². The van der Waals surface area contributed by atoms with E-state index in [1.165, 1.54) is 0 Å².